The molecule has 26 heavy (non-hydrogen) atoms. The van der Waals surface area contributed by atoms with Gasteiger partial charge in [0, 0.05) is 16.1 Å². The molecule has 134 valence electrons. The first-order chi connectivity index (χ1) is 12.5. The van der Waals surface area contributed by atoms with Crippen molar-refractivity contribution in [3.8, 4) is 5.75 Å². The van der Waals surface area contributed by atoms with Gasteiger partial charge >= 0.3 is 0 Å². The minimum Gasteiger partial charge on any atom is -0.486 e. The Balaban J connectivity index is 1.53. The minimum atomic E-state index is -0.0834. The lowest BCUT2D eigenvalue weighted by Crippen LogP contribution is -2.14. The van der Waals surface area contributed by atoms with Crippen LogP contribution in [0.2, 0.25) is 5.02 Å². The van der Waals surface area contributed by atoms with Gasteiger partial charge in [0.1, 0.15) is 17.4 Å². The van der Waals surface area contributed by atoms with E-state index in [0.29, 0.717) is 11.6 Å². The van der Waals surface area contributed by atoms with Gasteiger partial charge in [0.25, 0.3) is 0 Å². The van der Waals surface area contributed by atoms with E-state index in [2.05, 4.69) is 10.3 Å². The molecule has 0 spiro atoms. The molecular formula is C20H19ClN2O2S. The van der Waals surface area contributed by atoms with E-state index in [-0.39, 0.29) is 12.3 Å². The maximum atomic E-state index is 12.1. The van der Waals surface area contributed by atoms with Crippen LogP contribution in [0, 0.1) is 13.8 Å². The zero-order chi connectivity index (χ0) is 18.5. The average molecular weight is 387 g/mol. The largest absolute Gasteiger partial charge is 0.486 e. The predicted molar refractivity (Wildman–Crippen MR) is 106 cm³/mol. The third-order valence-corrected chi connectivity index (χ3v) is 5.06. The van der Waals surface area contributed by atoms with Crippen LogP contribution in [0.5, 0.6) is 5.75 Å². The molecule has 1 amide bonds. The van der Waals surface area contributed by atoms with Crippen LogP contribution in [-0.2, 0) is 17.8 Å². The van der Waals surface area contributed by atoms with Crippen LogP contribution in [0.15, 0.2) is 47.8 Å². The molecule has 3 aromatic rings. The Morgan fingerprint density at radius 2 is 1.96 bits per heavy atom. The molecule has 1 aromatic heterocycles. The molecule has 4 nitrogen and oxygen atoms in total. The number of aromatic nitrogens is 1. The number of benzene rings is 2. The molecule has 0 unspecified atom stereocenters. The molecule has 0 aliphatic carbocycles. The highest BCUT2D eigenvalue weighted by Gasteiger charge is 2.09. The van der Waals surface area contributed by atoms with Gasteiger partial charge in [-0.15, -0.1) is 11.3 Å². The number of anilines is 1. The van der Waals surface area contributed by atoms with Gasteiger partial charge in [0.15, 0.2) is 0 Å². The highest BCUT2D eigenvalue weighted by Crippen LogP contribution is 2.22. The Bertz CT molecular complexity index is 906. The van der Waals surface area contributed by atoms with Crippen LogP contribution >= 0.6 is 22.9 Å². The lowest BCUT2D eigenvalue weighted by atomic mass is 10.2. The van der Waals surface area contributed by atoms with E-state index in [1.807, 2.05) is 61.7 Å². The maximum absolute atomic E-state index is 12.1. The van der Waals surface area contributed by atoms with Gasteiger partial charge in [-0.2, -0.15) is 0 Å². The number of amides is 1. The van der Waals surface area contributed by atoms with E-state index < -0.39 is 0 Å². The van der Waals surface area contributed by atoms with Crippen LogP contribution < -0.4 is 10.1 Å². The molecule has 0 atom stereocenters. The second-order valence-corrected chi connectivity index (χ2v) is 7.37. The number of nitrogens with one attached hydrogen (secondary N) is 1. The summed E-state index contributed by atoms with van der Waals surface area (Å²) >= 11 is 7.50. The van der Waals surface area contributed by atoms with E-state index in [1.54, 1.807) is 0 Å². The topological polar surface area (TPSA) is 51.2 Å². The highest BCUT2D eigenvalue weighted by atomic mass is 35.5. The summed E-state index contributed by atoms with van der Waals surface area (Å²) in [6, 6.07) is 13.3. The SMILES string of the molecule is Cc1ccc(NC(=O)Cc2csc(COc3ccc(Cl)c(C)c3)n2)cc1. The minimum absolute atomic E-state index is 0.0834. The summed E-state index contributed by atoms with van der Waals surface area (Å²) in [6.45, 7) is 4.31. The third-order valence-electron chi connectivity index (χ3n) is 3.77. The Hall–Kier alpha value is -2.37. The smallest absolute Gasteiger partial charge is 0.230 e. The number of carbonyl (C=O) groups is 1. The molecule has 0 saturated carbocycles. The Morgan fingerprint density at radius 1 is 1.19 bits per heavy atom. The van der Waals surface area contributed by atoms with Crippen molar-refractivity contribution in [2.24, 2.45) is 0 Å². The van der Waals surface area contributed by atoms with E-state index in [0.717, 1.165) is 33.3 Å². The summed E-state index contributed by atoms with van der Waals surface area (Å²) in [5, 5.41) is 6.31. The first-order valence-corrected chi connectivity index (χ1v) is 9.44. The first-order valence-electron chi connectivity index (χ1n) is 8.18. The number of nitrogens with zero attached hydrogens (tertiary/aromatic N) is 1. The second kappa shape index (κ2) is 8.34. The van der Waals surface area contributed by atoms with Crippen molar-refractivity contribution in [1.29, 1.82) is 0 Å². The molecule has 6 heteroatoms. The van der Waals surface area contributed by atoms with Crippen LogP contribution in [0.3, 0.4) is 0 Å². The zero-order valence-electron chi connectivity index (χ0n) is 14.6. The normalized spacial score (nSPS) is 10.6. The number of hydrogen-bond acceptors (Lipinski definition) is 4. The quantitative estimate of drug-likeness (QED) is 0.635. The molecular weight excluding hydrogens is 368 g/mol. The van der Waals surface area contributed by atoms with Gasteiger partial charge < -0.3 is 10.1 Å². The standard InChI is InChI=1S/C20H19ClN2O2S/c1-13-3-5-15(6-4-13)22-19(24)10-16-12-26-20(23-16)11-25-17-7-8-18(21)14(2)9-17/h3-9,12H,10-11H2,1-2H3,(H,22,24). The lowest BCUT2D eigenvalue weighted by Gasteiger charge is -2.06. The predicted octanol–water partition coefficient (Wildman–Crippen LogP) is 5.17. The van der Waals surface area contributed by atoms with Crippen molar-refractivity contribution in [3.63, 3.8) is 0 Å². The summed E-state index contributed by atoms with van der Waals surface area (Å²) in [4.78, 5) is 16.6. The van der Waals surface area contributed by atoms with E-state index >= 15 is 0 Å². The van der Waals surface area contributed by atoms with Crippen molar-refractivity contribution in [3.05, 3.63) is 74.7 Å². The fourth-order valence-electron chi connectivity index (χ4n) is 2.36. The Kier molecular flexibility index (Phi) is 5.91. The summed E-state index contributed by atoms with van der Waals surface area (Å²) in [6.07, 6.45) is 0.241. The van der Waals surface area contributed by atoms with Crippen LogP contribution in [0.4, 0.5) is 5.69 Å². The average Bonchev–Trinajstić information content (AvgIpc) is 3.05. The Labute approximate surface area is 161 Å². The molecule has 0 bridgehead atoms. The summed E-state index contributed by atoms with van der Waals surface area (Å²) in [5.41, 5.74) is 3.66. The number of aryl methyl sites for hydroxylation is 2. The van der Waals surface area contributed by atoms with Gasteiger partial charge in [0.2, 0.25) is 5.91 Å². The fourth-order valence-corrected chi connectivity index (χ4v) is 3.18. The van der Waals surface area contributed by atoms with Gasteiger partial charge in [-0.3, -0.25) is 4.79 Å². The molecule has 0 aliphatic rings. The molecule has 1 heterocycles. The summed E-state index contributed by atoms with van der Waals surface area (Å²) in [7, 11) is 0. The fraction of sp³-hybridized carbons (Fsp3) is 0.200. The number of halogens is 1. The summed E-state index contributed by atoms with van der Waals surface area (Å²) in [5.74, 6) is 0.667. The van der Waals surface area contributed by atoms with Crippen LogP contribution in [-0.4, -0.2) is 10.9 Å². The highest BCUT2D eigenvalue weighted by molar-refractivity contribution is 7.09. The number of thiazole rings is 1. The molecule has 0 saturated heterocycles. The van der Waals surface area contributed by atoms with E-state index in [9.17, 15) is 4.79 Å². The zero-order valence-corrected chi connectivity index (χ0v) is 16.2. The third kappa shape index (κ3) is 5.07. The first kappa shape index (κ1) is 18.4. The van der Waals surface area contributed by atoms with Crippen LogP contribution in [0.25, 0.3) is 0 Å². The van der Waals surface area contributed by atoms with Crippen molar-refractivity contribution in [1.82, 2.24) is 4.98 Å². The molecule has 0 aliphatic heterocycles. The molecule has 3 rings (SSSR count). The molecule has 0 fully saturated rings. The number of ether oxygens (including phenoxy) is 1. The van der Waals surface area contributed by atoms with E-state index in [4.69, 9.17) is 16.3 Å². The van der Waals surface area contributed by atoms with Gasteiger partial charge in [-0.25, -0.2) is 4.98 Å². The summed E-state index contributed by atoms with van der Waals surface area (Å²) < 4.78 is 5.74. The monoisotopic (exact) mass is 386 g/mol. The molecule has 1 N–H and O–H groups in total. The van der Waals surface area contributed by atoms with Gasteiger partial charge in [-0.05, 0) is 49.7 Å². The van der Waals surface area contributed by atoms with Gasteiger partial charge in [0.05, 0.1) is 12.1 Å². The van der Waals surface area contributed by atoms with E-state index in [1.165, 1.54) is 11.3 Å². The van der Waals surface area contributed by atoms with Crippen molar-refractivity contribution >= 4 is 34.5 Å². The number of carbonyl (C=O) groups excluding carboxylic acids is 1. The Morgan fingerprint density at radius 3 is 2.69 bits per heavy atom. The van der Waals surface area contributed by atoms with Crippen molar-refractivity contribution in [2.45, 2.75) is 26.9 Å². The number of rotatable bonds is 6. The molecule has 0 radical (unpaired) electrons. The van der Waals surface area contributed by atoms with Crippen molar-refractivity contribution < 1.29 is 9.53 Å². The van der Waals surface area contributed by atoms with Gasteiger partial charge in [-0.1, -0.05) is 29.3 Å². The number of hydrogen-bond donors (Lipinski definition) is 1. The van der Waals surface area contributed by atoms with Crippen molar-refractivity contribution in [2.75, 3.05) is 5.32 Å². The second-order valence-electron chi connectivity index (χ2n) is 6.02. The maximum Gasteiger partial charge on any atom is 0.230 e. The molecule has 2 aromatic carbocycles. The lowest BCUT2D eigenvalue weighted by molar-refractivity contribution is -0.115. The van der Waals surface area contributed by atoms with Crippen LogP contribution in [0.1, 0.15) is 21.8 Å².